The molecule has 0 unspecified atom stereocenters. The molecule has 0 saturated carbocycles. The van der Waals surface area contributed by atoms with E-state index >= 15 is 0 Å². The van der Waals surface area contributed by atoms with Crippen molar-refractivity contribution in [3.05, 3.63) is 0 Å². The number of hydrogen-bond donors (Lipinski definition) is 5. The smallest absolute Gasteiger partial charge is 0.332 e. The maximum Gasteiger partial charge on any atom is 0.332 e. The molecule has 72 valence electrons. The Hall–Kier alpha value is -0.690. The molecular weight excluding hydrogens is 168 g/mol. The Labute approximate surface area is 68.7 Å². The number of aliphatic hydroxyl groups excluding tert-OH is 4. The number of aliphatic hydroxyl groups is 4. The first-order valence-corrected chi connectivity index (χ1v) is 3.37. The summed E-state index contributed by atoms with van der Waals surface area (Å²) in [6, 6.07) is 0. The molecule has 0 radical (unpaired) electrons. The zero-order valence-corrected chi connectivity index (χ0v) is 6.29. The highest BCUT2D eigenvalue weighted by Gasteiger charge is 2.23. The van der Waals surface area contributed by atoms with E-state index in [1.165, 1.54) is 0 Å². The lowest BCUT2D eigenvalue weighted by atomic mass is 10.1. The van der Waals surface area contributed by atoms with Gasteiger partial charge in [0.25, 0.3) is 0 Å². The second-order valence-electron chi connectivity index (χ2n) is 2.41. The van der Waals surface area contributed by atoms with Gasteiger partial charge in [0.15, 0.2) is 6.10 Å². The largest absolute Gasteiger partial charge is 0.479 e. The molecule has 0 aromatic carbocycles. The van der Waals surface area contributed by atoms with Gasteiger partial charge in [-0.3, -0.25) is 0 Å². The molecule has 3 atom stereocenters. The third-order valence-electron chi connectivity index (χ3n) is 1.38. The maximum absolute atomic E-state index is 10.0. The van der Waals surface area contributed by atoms with Gasteiger partial charge in [-0.1, -0.05) is 0 Å². The van der Waals surface area contributed by atoms with Crippen LogP contribution in [0.2, 0.25) is 0 Å². The standard InChI is InChI=1S/C6H12O6/c7-2-5(10)3(8)1-4(9)6(11)12/h3-5,7-10H,1-2H2,(H,11,12)/t3-,4-,5-/m0/s1. The number of hydrogen-bond acceptors (Lipinski definition) is 5. The fourth-order valence-corrected chi connectivity index (χ4v) is 0.608. The van der Waals surface area contributed by atoms with Gasteiger partial charge in [0.1, 0.15) is 6.10 Å². The topological polar surface area (TPSA) is 118 Å². The van der Waals surface area contributed by atoms with E-state index in [1.807, 2.05) is 0 Å². The van der Waals surface area contributed by atoms with Crippen molar-refractivity contribution in [1.82, 2.24) is 0 Å². The van der Waals surface area contributed by atoms with E-state index in [1.54, 1.807) is 0 Å². The fourth-order valence-electron chi connectivity index (χ4n) is 0.608. The van der Waals surface area contributed by atoms with Crippen LogP contribution in [-0.4, -0.2) is 56.4 Å². The third kappa shape index (κ3) is 3.63. The molecule has 0 spiro atoms. The lowest BCUT2D eigenvalue weighted by molar-refractivity contribution is -0.149. The molecular formula is C6H12O6. The van der Waals surface area contributed by atoms with Gasteiger partial charge in [0.05, 0.1) is 12.7 Å². The summed E-state index contributed by atoms with van der Waals surface area (Å²) in [5.41, 5.74) is 0. The van der Waals surface area contributed by atoms with Crippen LogP contribution in [0.3, 0.4) is 0 Å². The molecule has 0 aromatic rings. The normalized spacial score (nSPS) is 18.3. The van der Waals surface area contributed by atoms with Crippen molar-refractivity contribution in [2.75, 3.05) is 6.61 Å². The van der Waals surface area contributed by atoms with E-state index in [4.69, 9.17) is 25.5 Å². The van der Waals surface area contributed by atoms with Crippen molar-refractivity contribution in [2.24, 2.45) is 0 Å². The van der Waals surface area contributed by atoms with Crippen LogP contribution in [0.15, 0.2) is 0 Å². The summed E-state index contributed by atoms with van der Waals surface area (Å²) in [4.78, 5) is 10.0. The Balaban J connectivity index is 3.83. The number of carboxylic acids is 1. The Morgan fingerprint density at radius 3 is 2.00 bits per heavy atom. The maximum atomic E-state index is 10.0. The van der Waals surface area contributed by atoms with Crippen molar-refractivity contribution in [3.63, 3.8) is 0 Å². The van der Waals surface area contributed by atoms with E-state index in [0.29, 0.717) is 0 Å². The van der Waals surface area contributed by atoms with Crippen molar-refractivity contribution in [3.8, 4) is 0 Å². The summed E-state index contributed by atoms with van der Waals surface area (Å²) in [5, 5.41) is 42.8. The molecule has 0 rings (SSSR count). The number of carbonyl (C=O) groups is 1. The van der Waals surface area contributed by atoms with Crippen LogP contribution in [0.1, 0.15) is 6.42 Å². The van der Waals surface area contributed by atoms with Gasteiger partial charge in [0, 0.05) is 6.42 Å². The van der Waals surface area contributed by atoms with E-state index in [0.717, 1.165) is 0 Å². The average Bonchev–Trinajstić information content (AvgIpc) is 2.02. The van der Waals surface area contributed by atoms with Crippen molar-refractivity contribution in [1.29, 1.82) is 0 Å². The molecule has 5 N–H and O–H groups in total. The predicted octanol–water partition coefficient (Wildman–Crippen LogP) is -2.46. The van der Waals surface area contributed by atoms with E-state index in [-0.39, 0.29) is 0 Å². The zero-order chi connectivity index (χ0) is 9.72. The molecule has 0 fully saturated rings. The number of rotatable bonds is 5. The fraction of sp³-hybridized carbons (Fsp3) is 0.833. The summed E-state index contributed by atoms with van der Waals surface area (Å²) < 4.78 is 0. The summed E-state index contributed by atoms with van der Waals surface area (Å²) >= 11 is 0. The molecule has 0 aliphatic carbocycles. The molecule has 0 heterocycles. The van der Waals surface area contributed by atoms with Crippen LogP contribution >= 0.6 is 0 Å². The van der Waals surface area contributed by atoms with Gasteiger partial charge in [-0.2, -0.15) is 0 Å². The molecule has 0 aliphatic heterocycles. The minimum atomic E-state index is -1.72. The van der Waals surface area contributed by atoms with Crippen molar-refractivity contribution < 1.29 is 30.3 Å². The van der Waals surface area contributed by atoms with Crippen LogP contribution in [0.4, 0.5) is 0 Å². The first kappa shape index (κ1) is 11.3. The lowest BCUT2D eigenvalue weighted by Gasteiger charge is -2.16. The van der Waals surface area contributed by atoms with Crippen LogP contribution in [0, 0.1) is 0 Å². The van der Waals surface area contributed by atoms with Gasteiger partial charge in [-0.15, -0.1) is 0 Å². The van der Waals surface area contributed by atoms with Crippen molar-refractivity contribution >= 4 is 5.97 Å². The minimum Gasteiger partial charge on any atom is -0.479 e. The van der Waals surface area contributed by atoms with Gasteiger partial charge < -0.3 is 25.5 Å². The highest BCUT2D eigenvalue weighted by Crippen LogP contribution is 2.02. The monoisotopic (exact) mass is 180 g/mol. The molecule has 0 aromatic heterocycles. The summed E-state index contributed by atoms with van der Waals surface area (Å²) in [5.74, 6) is -1.47. The highest BCUT2D eigenvalue weighted by molar-refractivity contribution is 5.71. The quantitative estimate of drug-likeness (QED) is 0.320. The average molecular weight is 180 g/mol. The SMILES string of the molecule is O=C(O)[C@@H](O)C[C@H](O)[C@@H](O)CO. The lowest BCUT2D eigenvalue weighted by Crippen LogP contribution is -2.35. The Bertz CT molecular complexity index is 147. The first-order valence-electron chi connectivity index (χ1n) is 3.37. The third-order valence-corrected chi connectivity index (χ3v) is 1.38. The second-order valence-corrected chi connectivity index (χ2v) is 2.41. The van der Waals surface area contributed by atoms with E-state index in [2.05, 4.69) is 0 Å². The molecule has 0 bridgehead atoms. The van der Waals surface area contributed by atoms with Gasteiger partial charge >= 0.3 is 5.97 Å². The van der Waals surface area contributed by atoms with Crippen LogP contribution in [0.5, 0.6) is 0 Å². The molecule has 6 heteroatoms. The van der Waals surface area contributed by atoms with Crippen LogP contribution in [-0.2, 0) is 4.79 Å². The molecule has 0 aliphatic rings. The highest BCUT2D eigenvalue weighted by atomic mass is 16.4. The first-order chi connectivity index (χ1) is 5.49. The molecule has 6 nitrogen and oxygen atoms in total. The number of carboxylic acid groups (broad SMARTS) is 1. The summed E-state index contributed by atoms with van der Waals surface area (Å²) in [6.07, 6.45) is -5.07. The molecule has 12 heavy (non-hydrogen) atoms. The predicted molar refractivity (Wildman–Crippen MR) is 37.4 cm³/mol. The second kappa shape index (κ2) is 5.04. The van der Waals surface area contributed by atoms with Crippen LogP contribution in [0.25, 0.3) is 0 Å². The molecule has 0 amide bonds. The molecule has 0 saturated heterocycles. The Morgan fingerprint density at radius 2 is 1.67 bits per heavy atom. The van der Waals surface area contributed by atoms with Gasteiger partial charge in [0.2, 0.25) is 0 Å². The van der Waals surface area contributed by atoms with Gasteiger partial charge in [-0.05, 0) is 0 Å². The van der Waals surface area contributed by atoms with Crippen molar-refractivity contribution in [2.45, 2.75) is 24.7 Å². The summed E-state index contributed by atoms with van der Waals surface area (Å²) in [7, 11) is 0. The Kier molecular flexibility index (Phi) is 4.75. The van der Waals surface area contributed by atoms with Crippen LogP contribution < -0.4 is 0 Å². The summed E-state index contributed by atoms with van der Waals surface area (Å²) in [6.45, 7) is -0.673. The van der Waals surface area contributed by atoms with Gasteiger partial charge in [-0.25, -0.2) is 4.79 Å². The van der Waals surface area contributed by atoms with E-state index in [9.17, 15) is 4.79 Å². The number of aliphatic carboxylic acids is 1. The van der Waals surface area contributed by atoms with E-state index < -0.39 is 37.3 Å². The minimum absolute atomic E-state index is 0.503. The Morgan fingerprint density at radius 1 is 1.17 bits per heavy atom. The zero-order valence-electron chi connectivity index (χ0n) is 6.29.